The van der Waals surface area contributed by atoms with Crippen LogP contribution in [0.1, 0.15) is 24.1 Å². The van der Waals surface area contributed by atoms with Crippen molar-refractivity contribution >= 4 is 11.6 Å². The number of aryl methyl sites for hydroxylation is 2. The van der Waals surface area contributed by atoms with E-state index in [-0.39, 0.29) is 0 Å². The zero-order valence-corrected chi connectivity index (χ0v) is 10.7. The van der Waals surface area contributed by atoms with Crippen LogP contribution in [-0.2, 0) is 25.3 Å². The molecule has 0 aliphatic carbocycles. The van der Waals surface area contributed by atoms with Crippen molar-refractivity contribution in [3.63, 3.8) is 0 Å². The summed E-state index contributed by atoms with van der Waals surface area (Å²) in [5, 5.41) is 8.30. The van der Waals surface area contributed by atoms with Crippen LogP contribution < -0.4 is 0 Å². The Morgan fingerprint density at radius 1 is 1.06 bits per heavy atom. The second-order valence-electron chi connectivity index (χ2n) is 3.90. The van der Waals surface area contributed by atoms with E-state index < -0.39 is 0 Å². The first-order chi connectivity index (χ1) is 8.35. The van der Waals surface area contributed by atoms with Gasteiger partial charge in [0.1, 0.15) is 11.6 Å². The maximum Gasteiger partial charge on any atom is 0.147 e. The third-order valence-corrected chi connectivity index (χ3v) is 3.06. The van der Waals surface area contributed by atoms with E-state index in [1.54, 1.807) is 0 Å². The van der Waals surface area contributed by atoms with Crippen LogP contribution in [0.4, 0.5) is 0 Å². The predicted octanol–water partition coefficient (Wildman–Crippen LogP) is 2.82. The lowest BCUT2D eigenvalue weighted by molar-refractivity contribution is 0.669. The first kappa shape index (κ1) is 12.1. The highest BCUT2D eigenvalue weighted by Crippen LogP contribution is 2.09. The molecule has 0 saturated heterocycles. The predicted molar refractivity (Wildman–Crippen MR) is 69.1 cm³/mol. The van der Waals surface area contributed by atoms with E-state index in [0.29, 0.717) is 5.88 Å². The van der Waals surface area contributed by atoms with Gasteiger partial charge in [-0.25, -0.2) is 0 Å². The minimum atomic E-state index is 0.423. The van der Waals surface area contributed by atoms with Gasteiger partial charge in [-0.3, -0.25) is 0 Å². The summed E-state index contributed by atoms with van der Waals surface area (Å²) in [6.07, 6.45) is 1.89. The summed E-state index contributed by atoms with van der Waals surface area (Å²) in [5.41, 5.74) is 1.32. The lowest BCUT2D eigenvalue weighted by Gasteiger charge is -2.05. The molecule has 2 rings (SSSR count). The Morgan fingerprint density at radius 3 is 2.41 bits per heavy atom. The number of nitrogens with zero attached hydrogens (tertiary/aromatic N) is 3. The Balaban J connectivity index is 2.06. The summed E-state index contributed by atoms with van der Waals surface area (Å²) in [6.45, 7) is 2.96. The van der Waals surface area contributed by atoms with E-state index >= 15 is 0 Å². The normalized spacial score (nSPS) is 10.7. The highest BCUT2D eigenvalue weighted by molar-refractivity contribution is 6.16. The molecular formula is C13H16ClN3. The fraction of sp³-hybridized carbons (Fsp3) is 0.385. The highest BCUT2D eigenvalue weighted by Gasteiger charge is 2.09. The van der Waals surface area contributed by atoms with Crippen LogP contribution in [0, 0.1) is 0 Å². The Hall–Kier alpha value is -1.35. The van der Waals surface area contributed by atoms with Crippen molar-refractivity contribution < 1.29 is 0 Å². The van der Waals surface area contributed by atoms with Gasteiger partial charge in [-0.15, -0.1) is 21.8 Å². The van der Waals surface area contributed by atoms with Crippen LogP contribution >= 0.6 is 11.6 Å². The van der Waals surface area contributed by atoms with Gasteiger partial charge in [-0.1, -0.05) is 30.3 Å². The van der Waals surface area contributed by atoms with Crippen LogP contribution in [-0.4, -0.2) is 14.8 Å². The molecule has 0 aliphatic heterocycles. The zero-order valence-electron chi connectivity index (χ0n) is 9.93. The number of benzene rings is 1. The molecule has 0 N–H and O–H groups in total. The molecule has 4 heteroatoms. The van der Waals surface area contributed by atoms with Gasteiger partial charge in [0.15, 0.2) is 0 Å². The van der Waals surface area contributed by atoms with E-state index in [4.69, 9.17) is 11.6 Å². The number of rotatable bonds is 5. The van der Waals surface area contributed by atoms with E-state index in [1.165, 1.54) is 5.56 Å². The minimum absolute atomic E-state index is 0.423. The third-order valence-electron chi connectivity index (χ3n) is 2.82. The maximum absolute atomic E-state index is 5.82. The van der Waals surface area contributed by atoms with Gasteiger partial charge in [0.05, 0.1) is 5.88 Å². The molecule has 0 aliphatic rings. The molecule has 0 unspecified atom stereocenters. The van der Waals surface area contributed by atoms with Gasteiger partial charge in [-0.2, -0.15) is 0 Å². The maximum atomic E-state index is 5.82. The Labute approximate surface area is 106 Å². The topological polar surface area (TPSA) is 30.7 Å². The molecule has 0 saturated carbocycles. The molecule has 2 aromatic rings. The number of hydrogen-bond donors (Lipinski definition) is 0. The summed E-state index contributed by atoms with van der Waals surface area (Å²) in [6, 6.07) is 10.4. The van der Waals surface area contributed by atoms with Crippen molar-refractivity contribution in [1.82, 2.24) is 14.8 Å². The zero-order chi connectivity index (χ0) is 12.1. The summed E-state index contributed by atoms with van der Waals surface area (Å²) in [7, 11) is 0. The fourth-order valence-electron chi connectivity index (χ4n) is 1.92. The molecular weight excluding hydrogens is 234 g/mol. The first-order valence-electron chi connectivity index (χ1n) is 5.86. The molecule has 90 valence electrons. The lowest BCUT2D eigenvalue weighted by atomic mass is 10.1. The highest BCUT2D eigenvalue weighted by atomic mass is 35.5. The molecule has 1 heterocycles. The van der Waals surface area contributed by atoms with Crippen LogP contribution in [0.5, 0.6) is 0 Å². The minimum Gasteiger partial charge on any atom is -0.314 e. The largest absolute Gasteiger partial charge is 0.314 e. The molecule has 0 amide bonds. The van der Waals surface area contributed by atoms with Crippen molar-refractivity contribution in [3.8, 4) is 0 Å². The van der Waals surface area contributed by atoms with Crippen molar-refractivity contribution in [1.29, 1.82) is 0 Å². The molecule has 0 atom stereocenters. The quantitative estimate of drug-likeness (QED) is 0.763. The molecule has 0 fully saturated rings. The van der Waals surface area contributed by atoms with Crippen LogP contribution in [0.15, 0.2) is 30.3 Å². The third kappa shape index (κ3) is 2.86. The SMILES string of the molecule is CCn1c(CCl)nnc1CCc1ccccc1. The van der Waals surface area contributed by atoms with E-state index in [2.05, 4.69) is 46.0 Å². The average molecular weight is 250 g/mol. The second-order valence-corrected chi connectivity index (χ2v) is 4.16. The summed E-state index contributed by atoms with van der Waals surface area (Å²) in [5.74, 6) is 2.30. The van der Waals surface area contributed by atoms with Gasteiger partial charge in [0, 0.05) is 13.0 Å². The fourth-order valence-corrected chi connectivity index (χ4v) is 2.12. The summed E-state index contributed by atoms with van der Waals surface area (Å²) >= 11 is 5.82. The van der Waals surface area contributed by atoms with E-state index in [1.807, 2.05) is 6.07 Å². The Kier molecular flexibility index (Phi) is 4.15. The smallest absolute Gasteiger partial charge is 0.147 e. The van der Waals surface area contributed by atoms with Gasteiger partial charge in [0.25, 0.3) is 0 Å². The summed E-state index contributed by atoms with van der Waals surface area (Å²) < 4.78 is 2.09. The van der Waals surface area contributed by atoms with Crippen molar-refractivity contribution in [2.75, 3.05) is 0 Å². The van der Waals surface area contributed by atoms with Gasteiger partial charge >= 0.3 is 0 Å². The van der Waals surface area contributed by atoms with Crippen molar-refractivity contribution in [2.24, 2.45) is 0 Å². The second kappa shape index (κ2) is 5.82. The van der Waals surface area contributed by atoms with E-state index in [9.17, 15) is 0 Å². The Bertz CT molecular complexity index is 465. The van der Waals surface area contributed by atoms with Crippen LogP contribution in [0.25, 0.3) is 0 Å². The number of aromatic nitrogens is 3. The molecule has 0 radical (unpaired) electrons. The van der Waals surface area contributed by atoms with Crippen LogP contribution in [0.3, 0.4) is 0 Å². The van der Waals surface area contributed by atoms with Gasteiger partial charge < -0.3 is 4.57 Å². The van der Waals surface area contributed by atoms with Crippen molar-refractivity contribution in [3.05, 3.63) is 47.5 Å². The molecule has 0 bridgehead atoms. The van der Waals surface area contributed by atoms with Crippen molar-refractivity contribution in [2.45, 2.75) is 32.2 Å². The lowest BCUT2D eigenvalue weighted by Crippen LogP contribution is -2.06. The molecule has 1 aromatic heterocycles. The average Bonchev–Trinajstić information content (AvgIpc) is 2.79. The van der Waals surface area contributed by atoms with Gasteiger partial charge in [-0.05, 0) is 18.9 Å². The number of alkyl halides is 1. The van der Waals surface area contributed by atoms with E-state index in [0.717, 1.165) is 31.0 Å². The van der Waals surface area contributed by atoms with Gasteiger partial charge in [0.2, 0.25) is 0 Å². The summed E-state index contributed by atoms with van der Waals surface area (Å²) in [4.78, 5) is 0. The molecule has 17 heavy (non-hydrogen) atoms. The number of halogens is 1. The molecule has 0 spiro atoms. The monoisotopic (exact) mass is 249 g/mol. The standard InChI is InChI=1S/C13H16ClN3/c1-2-17-12(15-16-13(17)10-14)9-8-11-6-4-3-5-7-11/h3-7H,2,8-10H2,1H3. The Morgan fingerprint density at radius 2 is 1.76 bits per heavy atom. The first-order valence-corrected chi connectivity index (χ1v) is 6.39. The number of hydrogen-bond acceptors (Lipinski definition) is 2. The van der Waals surface area contributed by atoms with Crippen LogP contribution in [0.2, 0.25) is 0 Å². The molecule has 1 aromatic carbocycles. The molecule has 3 nitrogen and oxygen atoms in total.